The second-order valence-electron chi connectivity index (χ2n) is 15.1. The van der Waals surface area contributed by atoms with Crippen LogP contribution in [0.2, 0.25) is 0 Å². The standard InChI is InChI=1S/C39H55FN4O4/c1-27-32(35(37(45)46)48-38(2,3)4)34(44-24-20-39(5,6)21-25-44)33(36(41-27)43(9)23-10-22-42(7)8)29-13-17-31(18-14-29)47-26-19-28-11-15-30(40)16-12-28/h11-18,35H,10,19-26H2,1-9H3,(H,45,46). The van der Waals surface area contributed by atoms with Gasteiger partial charge in [0.1, 0.15) is 17.4 Å². The van der Waals surface area contributed by atoms with Crippen molar-refractivity contribution in [2.75, 3.05) is 63.7 Å². The highest BCUT2D eigenvalue weighted by atomic mass is 19.1. The number of hydrogen-bond donors (Lipinski definition) is 1. The number of carboxylic acids is 1. The van der Waals surface area contributed by atoms with E-state index in [0.717, 1.165) is 79.4 Å². The number of rotatable bonds is 14. The van der Waals surface area contributed by atoms with E-state index in [0.29, 0.717) is 24.3 Å². The maximum Gasteiger partial charge on any atom is 0.337 e. The number of pyridine rings is 1. The molecule has 4 rings (SSSR count). The molecule has 1 saturated heterocycles. The normalized spacial score (nSPS) is 15.4. The van der Waals surface area contributed by atoms with Crippen molar-refractivity contribution in [1.29, 1.82) is 0 Å². The smallest absolute Gasteiger partial charge is 0.337 e. The van der Waals surface area contributed by atoms with Crippen LogP contribution in [0, 0.1) is 18.2 Å². The fraction of sp³-hybridized carbons (Fsp3) is 0.538. The maximum atomic E-state index is 13.3. The molecule has 48 heavy (non-hydrogen) atoms. The molecule has 3 aromatic rings. The number of benzene rings is 2. The number of ether oxygens (including phenoxy) is 2. The number of aromatic nitrogens is 1. The Bertz CT molecular complexity index is 1510. The average molecular weight is 663 g/mol. The van der Waals surface area contributed by atoms with Gasteiger partial charge >= 0.3 is 5.97 Å². The summed E-state index contributed by atoms with van der Waals surface area (Å²) in [6.07, 6.45) is 2.39. The summed E-state index contributed by atoms with van der Waals surface area (Å²) in [5, 5.41) is 10.6. The van der Waals surface area contributed by atoms with Gasteiger partial charge in [0.15, 0.2) is 6.10 Å². The highest BCUT2D eigenvalue weighted by Crippen LogP contribution is 2.47. The van der Waals surface area contributed by atoms with E-state index < -0.39 is 17.7 Å². The molecule has 0 bridgehead atoms. The number of carbonyl (C=O) groups is 1. The van der Waals surface area contributed by atoms with Gasteiger partial charge in [-0.3, -0.25) is 0 Å². The van der Waals surface area contributed by atoms with Crippen molar-refractivity contribution >= 4 is 17.5 Å². The van der Waals surface area contributed by atoms with Crippen LogP contribution in [0.5, 0.6) is 5.75 Å². The first-order valence-corrected chi connectivity index (χ1v) is 17.1. The Morgan fingerprint density at radius 2 is 1.65 bits per heavy atom. The summed E-state index contributed by atoms with van der Waals surface area (Å²) < 4.78 is 25.7. The predicted octanol–water partition coefficient (Wildman–Crippen LogP) is 7.77. The Hall–Kier alpha value is -3.69. The van der Waals surface area contributed by atoms with Crippen molar-refractivity contribution in [3.05, 3.63) is 71.2 Å². The van der Waals surface area contributed by atoms with Gasteiger partial charge in [0.2, 0.25) is 0 Å². The first kappa shape index (κ1) is 37.1. The highest BCUT2D eigenvalue weighted by Gasteiger charge is 2.37. The van der Waals surface area contributed by atoms with E-state index in [1.807, 2.05) is 52.0 Å². The second kappa shape index (κ2) is 15.7. The molecule has 1 fully saturated rings. The molecule has 1 atom stereocenters. The lowest BCUT2D eigenvalue weighted by molar-refractivity contribution is -0.160. The molecule has 2 aromatic carbocycles. The van der Waals surface area contributed by atoms with Crippen LogP contribution in [-0.4, -0.2) is 80.5 Å². The van der Waals surface area contributed by atoms with Crippen molar-refractivity contribution < 1.29 is 23.8 Å². The molecule has 2 heterocycles. The number of nitrogens with zero attached hydrogens (tertiary/aromatic N) is 4. The number of aliphatic carboxylic acids is 1. The van der Waals surface area contributed by atoms with E-state index in [4.69, 9.17) is 14.5 Å². The molecular formula is C39H55FN4O4. The van der Waals surface area contributed by atoms with Crippen LogP contribution in [0.1, 0.15) is 76.8 Å². The van der Waals surface area contributed by atoms with E-state index in [1.54, 1.807) is 12.1 Å². The van der Waals surface area contributed by atoms with Crippen LogP contribution in [-0.2, 0) is 16.0 Å². The summed E-state index contributed by atoms with van der Waals surface area (Å²) in [4.78, 5) is 24.9. The van der Waals surface area contributed by atoms with Crippen LogP contribution < -0.4 is 14.5 Å². The molecule has 0 aliphatic carbocycles. The fourth-order valence-corrected chi connectivity index (χ4v) is 6.18. The molecule has 8 nitrogen and oxygen atoms in total. The third-order valence-corrected chi connectivity index (χ3v) is 8.95. The summed E-state index contributed by atoms with van der Waals surface area (Å²) >= 11 is 0. The van der Waals surface area contributed by atoms with Gasteiger partial charge in [0.05, 0.1) is 17.9 Å². The Balaban J connectivity index is 1.83. The largest absolute Gasteiger partial charge is 0.493 e. The van der Waals surface area contributed by atoms with Crippen LogP contribution in [0.15, 0.2) is 48.5 Å². The van der Waals surface area contributed by atoms with Crippen molar-refractivity contribution in [1.82, 2.24) is 9.88 Å². The summed E-state index contributed by atoms with van der Waals surface area (Å²) in [6, 6.07) is 14.5. The number of carboxylic acid groups (broad SMARTS) is 1. The number of aryl methyl sites for hydroxylation is 1. The monoisotopic (exact) mass is 662 g/mol. The first-order chi connectivity index (χ1) is 22.5. The average Bonchev–Trinajstić information content (AvgIpc) is 3.00. The summed E-state index contributed by atoms with van der Waals surface area (Å²) in [6.45, 7) is 15.9. The van der Waals surface area contributed by atoms with Crippen LogP contribution in [0.3, 0.4) is 0 Å². The third-order valence-electron chi connectivity index (χ3n) is 8.95. The molecule has 0 saturated carbocycles. The minimum Gasteiger partial charge on any atom is -0.493 e. The Labute approximate surface area is 286 Å². The van der Waals surface area contributed by atoms with Gasteiger partial charge in [-0.05, 0) is 108 Å². The van der Waals surface area contributed by atoms with Gasteiger partial charge < -0.3 is 29.3 Å². The van der Waals surface area contributed by atoms with E-state index in [1.165, 1.54) is 12.1 Å². The molecule has 1 aliphatic heterocycles. The van der Waals surface area contributed by atoms with Crippen molar-refractivity contribution in [3.8, 4) is 16.9 Å². The summed E-state index contributed by atoms with van der Waals surface area (Å²) in [5.74, 6) is 0.262. The molecular weight excluding hydrogens is 607 g/mol. The first-order valence-electron chi connectivity index (χ1n) is 17.1. The number of piperidine rings is 1. The Kier molecular flexibility index (Phi) is 12.1. The van der Waals surface area contributed by atoms with Gasteiger partial charge in [-0.25, -0.2) is 14.2 Å². The lowest BCUT2D eigenvalue weighted by Crippen LogP contribution is -2.39. The minimum absolute atomic E-state index is 0.200. The lowest BCUT2D eigenvalue weighted by Gasteiger charge is -2.41. The molecule has 9 heteroatoms. The minimum atomic E-state index is -1.19. The molecule has 1 N–H and O–H groups in total. The van der Waals surface area contributed by atoms with E-state index in [-0.39, 0.29) is 11.2 Å². The molecule has 262 valence electrons. The van der Waals surface area contributed by atoms with Gasteiger partial charge in [0, 0.05) is 49.9 Å². The molecule has 1 aliphatic rings. The predicted molar refractivity (Wildman–Crippen MR) is 193 cm³/mol. The van der Waals surface area contributed by atoms with E-state index in [2.05, 4.69) is 49.7 Å². The zero-order chi connectivity index (χ0) is 35.2. The number of halogens is 1. The van der Waals surface area contributed by atoms with Crippen LogP contribution in [0.25, 0.3) is 11.1 Å². The van der Waals surface area contributed by atoms with Gasteiger partial charge in [-0.15, -0.1) is 0 Å². The molecule has 0 amide bonds. The molecule has 1 aromatic heterocycles. The van der Waals surface area contributed by atoms with Crippen LogP contribution in [0.4, 0.5) is 15.9 Å². The fourth-order valence-electron chi connectivity index (χ4n) is 6.18. The zero-order valence-corrected chi connectivity index (χ0v) is 30.4. The van der Waals surface area contributed by atoms with E-state index in [9.17, 15) is 14.3 Å². The van der Waals surface area contributed by atoms with Crippen molar-refractivity contribution in [2.45, 2.75) is 78.9 Å². The number of anilines is 2. The highest BCUT2D eigenvalue weighted by molar-refractivity contribution is 5.93. The van der Waals surface area contributed by atoms with E-state index >= 15 is 0 Å². The van der Waals surface area contributed by atoms with Gasteiger partial charge in [-0.2, -0.15) is 0 Å². The summed E-state index contributed by atoms with van der Waals surface area (Å²) in [5.41, 5.74) is 4.51. The Morgan fingerprint density at radius 1 is 1.02 bits per heavy atom. The van der Waals surface area contributed by atoms with Crippen molar-refractivity contribution in [2.24, 2.45) is 5.41 Å². The second-order valence-corrected chi connectivity index (χ2v) is 15.1. The SMILES string of the molecule is Cc1nc(N(C)CCCN(C)C)c(-c2ccc(OCCc3ccc(F)cc3)cc2)c(N2CCC(C)(C)CC2)c1C(OC(C)(C)C)C(=O)O. The topological polar surface area (TPSA) is 78.4 Å². The summed E-state index contributed by atoms with van der Waals surface area (Å²) in [7, 11) is 6.21. The third kappa shape index (κ3) is 9.92. The molecule has 1 unspecified atom stereocenters. The van der Waals surface area contributed by atoms with Gasteiger partial charge in [-0.1, -0.05) is 38.1 Å². The Morgan fingerprint density at radius 3 is 2.21 bits per heavy atom. The molecule has 0 radical (unpaired) electrons. The maximum absolute atomic E-state index is 13.3. The number of hydrogen-bond acceptors (Lipinski definition) is 7. The zero-order valence-electron chi connectivity index (χ0n) is 30.4. The van der Waals surface area contributed by atoms with Crippen molar-refractivity contribution in [3.63, 3.8) is 0 Å². The van der Waals surface area contributed by atoms with Crippen LogP contribution >= 0.6 is 0 Å². The quantitative estimate of drug-likeness (QED) is 0.188. The molecule has 0 spiro atoms. The lowest BCUT2D eigenvalue weighted by atomic mass is 9.82. The van der Waals surface area contributed by atoms with Gasteiger partial charge in [0.25, 0.3) is 0 Å².